The predicted octanol–water partition coefficient (Wildman–Crippen LogP) is 6.02. The van der Waals surface area contributed by atoms with Gasteiger partial charge in [-0.1, -0.05) is 6.07 Å². The van der Waals surface area contributed by atoms with Crippen molar-refractivity contribution in [1.29, 1.82) is 0 Å². The lowest BCUT2D eigenvalue weighted by Gasteiger charge is -2.25. The highest BCUT2D eigenvalue weighted by atomic mass is 32.2. The number of hydrogen-bond donors (Lipinski definition) is 1. The molecule has 7 nitrogen and oxygen atoms in total. The van der Waals surface area contributed by atoms with Gasteiger partial charge in [0, 0.05) is 34.9 Å². The highest BCUT2D eigenvalue weighted by molar-refractivity contribution is 7.89. The molecule has 0 bridgehead atoms. The zero-order chi connectivity index (χ0) is 26.4. The maximum Gasteiger partial charge on any atom is 0.418 e. The van der Waals surface area contributed by atoms with E-state index in [1.807, 2.05) is 13.8 Å². The number of aromatic nitrogens is 3. The molecule has 4 aromatic rings. The molecule has 2 aromatic heterocycles. The summed E-state index contributed by atoms with van der Waals surface area (Å²) in [5.41, 5.74) is 0.322. The summed E-state index contributed by atoms with van der Waals surface area (Å²) in [4.78, 5) is 12.7. The van der Waals surface area contributed by atoms with E-state index in [0.717, 1.165) is 18.9 Å². The molecule has 1 aliphatic rings. The average Bonchev–Trinajstić information content (AvgIpc) is 3.22. The molecule has 37 heavy (non-hydrogen) atoms. The first-order chi connectivity index (χ1) is 17.6. The molecule has 192 valence electrons. The molecule has 1 aliphatic heterocycles. The Hall–Kier alpha value is -3.57. The fraction of sp³-hybridized carbons (Fsp3) is 0.269. The number of alkyl halides is 3. The van der Waals surface area contributed by atoms with Gasteiger partial charge in [0.25, 0.3) is 0 Å². The second kappa shape index (κ2) is 9.38. The van der Waals surface area contributed by atoms with E-state index in [1.165, 1.54) is 24.7 Å². The molecule has 2 atom stereocenters. The van der Waals surface area contributed by atoms with Crippen molar-refractivity contribution in [2.24, 2.45) is 0 Å². The van der Waals surface area contributed by atoms with E-state index in [-0.39, 0.29) is 28.2 Å². The number of rotatable bonds is 5. The van der Waals surface area contributed by atoms with E-state index in [0.29, 0.717) is 22.4 Å². The molecule has 0 saturated carbocycles. The number of halogens is 3. The summed E-state index contributed by atoms with van der Waals surface area (Å²) >= 11 is 0. The van der Waals surface area contributed by atoms with E-state index < -0.39 is 21.8 Å². The number of anilines is 2. The molecule has 1 saturated heterocycles. The number of benzene rings is 2. The number of pyridine rings is 1. The van der Waals surface area contributed by atoms with Crippen LogP contribution in [0, 0.1) is 0 Å². The van der Waals surface area contributed by atoms with E-state index in [1.54, 1.807) is 40.7 Å². The van der Waals surface area contributed by atoms with E-state index >= 15 is 0 Å². The Labute approximate surface area is 212 Å². The van der Waals surface area contributed by atoms with Crippen molar-refractivity contribution in [2.75, 3.05) is 5.32 Å². The van der Waals surface area contributed by atoms with Gasteiger partial charge >= 0.3 is 6.18 Å². The van der Waals surface area contributed by atoms with Crippen molar-refractivity contribution < 1.29 is 21.6 Å². The van der Waals surface area contributed by atoms with Gasteiger partial charge in [0.1, 0.15) is 12.1 Å². The molecule has 1 N–H and O–H groups in total. The van der Waals surface area contributed by atoms with Crippen molar-refractivity contribution in [3.8, 4) is 11.3 Å². The predicted molar refractivity (Wildman–Crippen MR) is 135 cm³/mol. The molecule has 0 spiro atoms. The second-order valence-corrected chi connectivity index (χ2v) is 11.0. The minimum absolute atomic E-state index is 0.0478. The third-order valence-corrected chi connectivity index (χ3v) is 8.73. The maximum absolute atomic E-state index is 13.5. The molecule has 3 heterocycles. The Morgan fingerprint density at radius 2 is 1.65 bits per heavy atom. The molecule has 0 radical (unpaired) electrons. The van der Waals surface area contributed by atoms with Crippen LogP contribution in [0.2, 0.25) is 0 Å². The van der Waals surface area contributed by atoms with Gasteiger partial charge < -0.3 is 5.32 Å². The molecule has 11 heteroatoms. The largest absolute Gasteiger partial charge is 0.418 e. The Morgan fingerprint density at radius 3 is 2.32 bits per heavy atom. The molecular formula is C26H24F3N5O2S. The Kier molecular flexibility index (Phi) is 6.36. The van der Waals surface area contributed by atoms with Crippen molar-refractivity contribution in [2.45, 2.75) is 49.8 Å². The van der Waals surface area contributed by atoms with Crippen LogP contribution in [-0.4, -0.2) is 39.8 Å². The quantitative estimate of drug-likeness (QED) is 0.342. The van der Waals surface area contributed by atoms with E-state index in [9.17, 15) is 21.6 Å². The van der Waals surface area contributed by atoms with Crippen molar-refractivity contribution >= 4 is 32.4 Å². The lowest BCUT2D eigenvalue weighted by molar-refractivity contribution is -0.137. The summed E-state index contributed by atoms with van der Waals surface area (Å²) < 4.78 is 68.3. The first-order valence-corrected chi connectivity index (χ1v) is 13.2. The lowest BCUT2D eigenvalue weighted by atomic mass is 10.0. The maximum atomic E-state index is 13.5. The molecule has 0 amide bonds. The second-order valence-electron chi connectivity index (χ2n) is 9.11. The summed E-state index contributed by atoms with van der Waals surface area (Å²) in [6, 6.07) is 13.3. The third kappa shape index (κ3) is 4.76. The van der Waals surface area contributed by atoms with Crippen LogP contribution in [-0.2, 0) is 16.2 Å². The summed E-state index contributed by atoms with van der Waals surface area (Å²) in [5.74, 6) is 0.436. The zero-order valence-corrected chi connectivity index (χ0v) is 20.9. The first kappa shape index (κ1) is 25.1. The van der Waals surface area contributed by atoms with Crippen LogP contribution in [0.5, 0.6) is 0 Å². The molecular weight excluding hydrogens is 503 g/mol. The molecule has 0 aliphatic carbocycles. The lowest BCUT2D eigenvalue weighted by Crippen LogP contribution is -2.38. The topological polar surface area (TPSA) is 88.1 Å². The normalized spacial score (nSPS) is 18.8. The minimum atomic E-state index is -4.54. The third-order valence-electron chi connectivity index (χ3n) is 6.59. The summed E-state index contributed by atoms with van der Waals surface area (Å²) in [7, 11) is -3.61. The average molecular weight is 528 g/mol. The van der Waals surface area contributed by atoms with Crippen LogP contribution < -0.4 is 5.32 Å². The molecule has 5 rings (SSSR count). The number of nitrogens with one attached hydrogen (secondary N) is 1. The Balaban J connectivity index is 1.43. The fourth-order valence-corrected chi connectivity index (χ4v) is 6.66. The van der Waals surface area contributed by atoms with Crippen molar-refractivity contribution in [1.82, 2.24) is 19.3 Å². The number of sulfonamides is 1. The fourth-order valence-electron chi connectivity index (χ4n) is 4.78. The van der Waals surface area contributed by atoms with Crippen LogP contribution in [0.4, 0.5) is 24.7 Å². The van der Waals surface area contributed by atoms with Crippen LogP contribution in [0.15, 0.2) is 72.0 Å². The van der Waals surface area contributed by atoms with Gasteiger partial charge in [-0.25, -0.2) is 18.4 Å². The number of hydrogen-bond acceptors (Lipinski definition) is 6. The van der Waals surface area contributed by atoms with Crippen LogP contribution >= 0.6 is 0 Å². The van der Waals surface area contributed by atoms with Crippen molar-refractivity contribution in [3.05, 3.63) is 72.7 Å². The Morgan fingerprint density at radius 1 is 0.946 bits per heavy atom. The van der Waals surface area contributed by atoms with Gasteiger partial charge in [-0.15, -0.1) is 0 Å². The number of fused-ring (bicyclic) bond motifs is 1. The van der Waals surface area contributed by atoms with Gasteiger partial charge in [0.05, 0.1) is 21.7 Å². The van der Waals surface area contributed by atoms with Gasteiger partial charge in [-0.3, -0.25) is 4.98 Å². The Bertz CT molecular complexity index is 1550. The zero-order valence-electron chi connectivity index (χ0n) is 20.1. The van der Waals surface area contributed by atoms with Gasteiger partial charge in [0.15, 0.2) is 0 Å². The summed E-state index contributed by atoms with van der Waals surface area (Å²) in [5, 5.41) is 3.74. The molecule has 2 unspecified atom stereocenters. The highest BCUT2D eigenvalue weighted by Crippen LogP contribution is 2.37. The van der Waals surface area contributed by atoms with Gasteiger partial charge in [-0.2, -0.15) is 17.5 Å². The standard InChI is InChI=1S/C26H24F3N5O2S/c1-16-5-6-17(2)34(16)37(35,36)20-10-8-19(9-11-20)33-25-21-12-7-18(14-23(21)31-15-32-25)24-22(26(27,28)29)4-3-13-30-24/h3-4,7-17H,5-6H2,1-2H3,(H,31,32,33). The molecule has 2 aromatic carbocycles. The van der Waals surface area contributed by atoms with Gasteiger partial charge in [0.2, 0.25) is 10.0 Å². The monoisotopic (exact) mass is 527 g/mol. The number of nitrogens with zero attached hydrogens (tertiary/aromatic N) is 4. The molecule has 1 fully saturated rings. The van der Waals surface area contributed by atoms with E-state index in [4.69, 9.17) is 0 Å². The highest BCUT2D eigenvalue weighted by Gasteiger charge is 2.37. The SMILES string of the molecule is CC1CCC(C)N1S(=O)(=O)c1ccc(Nc2ncnc3cc(-c4ncccc4C(F)(F)F)ccc23)cc1. The first-order valence-electron chi connectivity index (χ1n) is 11.7. The smallest absolute Gasteiger partial charge is 0.340 e. The van der Waals surface area contributed by atoms with Crippen LogP contribution in [0.1, 0.15) is 32.3 Å². The minimum Gasteiger partial charge on any atom is -0.340 e. The van der Waals surface area contributed by atoms with Crippen LogP contribution in [0.25, 0.3) is 22.2 Å². The summed E-state index contributed by atoms with van der Waals surface area (Å²) in [6.45, 7) is 3.83. The van der Waals surface area contributed by atoms with E-state index in [2.05, 4.69) is 20.3 Å². The van der Waals surface area contributed by atoms with Crippen LogP contribution in [0.3, 0.4) is 0 Å². The van der Waals surface area contributed by atoms with Crippen molar-refractivity contribution in [3.63, 3.8) is 0 Å². The summed E-state index contributed by atoms with van der Waals surface area (Å²) in [6.07, 6.45) is -0.245. The van der Waals surface area contributed by atoms with Gasteiger partial charge in [-0.05, 0) is 75.2 Å².